The molecule has 0 bridgehead atoms. The third kappa shape index (κ3) is 5.24. The third-order valence-electron chi connectivity index (χ3n) is 7.18. The van der Waals surface area contributed by atoms with Gasteiger partial charge >= 0.3 is 0 Å². The number of H-pyrrole nitrogens is 1. The quantitative estimate of drug-likeness (QED) is 0.593. The molecule has 33 heavy (non-hydrogen) atoms. The van der Waals surface area contributed by atoms with Gasteiger partial charge in [-0.1, -0.05) is 12.1 Å². The van der Waals surface area contributed by atoms with Gasteiger partial charge in [0.15, 0.2) is 0 Å². The number of hydrogen-bond acceptors (Lipinski definition) is 5. The number of aromatic nitrogens is 2. The van der Waals surface area contributed by atoms with Gasteiger partial charge in [0.25, 0.3) is 0 Å². The van der Waals surface area contributed by atoms with Crippen LogP contribution in [0.4, 0.5) is 5.69 Å². The van der Waals surface area contributed by atoms with E-state index in [9.17, 15) is 0 Å². The van der Waals surface area contributed by atoms with E-state index in [0.29, 0.717) is 6.04 Å². The fraction of sp³-hybridized carbons (Fsp3) is 0.519. The van der Waals surface area contributed by atoms with Crippen LogP contribution in [0.3, 0.4) is 0 Å². The van der Waals surface area contributed by atoms with Gasteiger partial charge in [-0.15, -0.1) is 0 Å². The largest absolute Gasteiger partial charge is 0.379 e. The first-order valence-corrected chi connectivity index (χ1v) is 12.5. The molecule has 6 nitrogen and oxygen atoms in total. The maximum absolute atomic E-state index is 5.45. The molecule has 5 rings (SSSR count). The van der Waals surface area contributed by atoms with E-state index in [4.69, 9.17) is 9.72 Å². The second kappa shape index (κ2) is 10.2. The summed E-state index contributed by atoms with van der Waals surface area (Å²) in [5.41, 5.74) is 6.04. The van der Waals surface area contributed by atoms with Crippen molar-refractivity contribution in [3.63, 3.8) is 0 Å². The monoisotopic (exact) mass is 447 g/mol. The molecule has 176 valence electrons. The molecule has 0 spiro atoms. The molecule has 2 aliphatic heterocycles. The number of benzene rings is 1. The Balaban J connectivity index is 1.25. The van der Waals surface area contributed by atoms with E-state index in [1.165, 1.54) is 27.8 Å². The highest BCUT2D eigenvalue weighted by molar-refractivity contribution is 5.93. The second-order valence-electron chi connectivity index (χ2n) is 9.64. The van der Waals surface area contributed by atoms with Crippen molar-refractivity contribution >= 4 is 16.6 Å². The Morgan fingerprint density at radius 2 is 1.73 bits per heavy atom. The van der Waals surface area contributed by atoms with Gasteiger partial charge < -0.3 is 14.6 Å². The second-order valence-corrected chi connectivity index (χ2v) is 9.64. The fourth-order valence-corrected chi connectivity index (χ4v) is 5.12. The number of piperazine rings is 1. The van der Waals surface area contributed by atoms with Crippen molar-refractivity contribution in [1.29, 1.82) is 0 Å². The first-order chi connectivity index (χ1) is 16.2. The SMILES string of the molecule is CC(C)N1CCN(c2ccc(-c3nccc4[nH]c(CCCN5CCOCC5)cc34)cc2)CC1. The minimum absolute atomic E-state index is 0.631. The van der Waals surface area contributed by atoms with Gasteiger partial charge in [0.2, 0.25) is 0 Å². The zero-order chi connectivity index (χ0) is 22.6. The van der Waals surface area contributed by atoms with Gasteiger partial charge in [-0.25, -0.2) is 0 Å². The lowest BCUT2D eigenvalue weighted by Gasteiger charge is -2.38. The zero-order valence-electron chi connectivity index (χ0n) is 20.1. The van der Waals surface area contributed by atoms with Crippen molar-refractivity contribution in [2.24, 2.45) is 0 Å². The highest BCUT2D eigenvalue weighted by atomic mass is 16.5. The Hall–Kier alpha value is -2.41. The molecule has 0 radical (unpaired) electrons. The number of hydrogen-bond donors (Lipinski definition) is 1. The van der Waals surface area contributed by atoms with E-state index in [0.717, 1.165) is 77.6 Å². The van der Waals surface area contributed by atoms with Crippen molar-refractivity contribution in [2.45, 2.75) is 32.7 Å². The van der Waals surface area contributed by atoms with Crippen LogP contribution in [0.1, 0.15) is 26.0 Å². The summed E-state index contributed by atoms with van der Waals surface area (Å²) in [6.45, 7) is 14.0. The molecule has 2 aromatic heterocycles. The van der Waals surface area contributed by atoms with Crippen LogP contribution < -0.4 is 4.90 Å². The summed E-state index contributed by atoms with van der Waals surface area (Å²) in [5.74, 6) is 0. The van der Waals surface area contributed by atoms with E-state index in [-0.39, 0.29) is 0 Å². The summed E-state index contributed by atoms with van der Waals surface area (Å²) in [6.07, 6.45) is 4.14. The minimum Gasteiger partial charge on any atom is -0.379 e. The number of anilines is 1. The third-order valence-corrected chi connectivity index (χ3v) is 7.18. The number of morpholine rings is 1. The molecular weight excluding hydrogens is 410 g/mol. The van der Waals surface area contributed by atoms with Crippen LogP contribution in [0.25, 0.3) is 22.2 Å². The molecule has 3 aromatic rings. The maximum atomic E-state index is 5.45. The number of aryl methyl sites for hydroxylation is 1. The van der Waals surface area contributed by atoms with Crippen LogP contribution in [0, 0.1) is 0 Å². The number of aromatic amines is 1. The van der Waals surface area contributed by atoms with Crippen LogP contribution in [0.15, 0.2) is 42.6 Å². The number of nitrogens with one attached hydrogen (secondary N) is 1. The van der Waals surface area contributed by atoms with Gasteiger partial charge in [-0.05, 0) is 57.5 Å². The van der Waals surface area contributed by atoms with Crippen LogP contribution in [0.5, 0.6) is 0 Å². The first-order valence-electron chi connectivity index (χ1n) is 12.5. The molecule has 6 heteroatoms. The van der Waals surface area contributed by atoms with Crippen molar-refractivity contribution in [3.8, 4) is 11.3 Å². The molecule has 1 N–H and O–H groups in total. The van der Waals surface area contributed by atoms with Gasteiger partial charge in [-0.3, -0.25) is 14.8 Å². The van der Waals surface area contributed by atoms with Gasteiger partial charge in [-0.2, -0.15) is 0 Å². The van der Waals surface area contributed by atoms with Crippen molar-refractivity contribution in [2.75, 3.05) is 63.9 Å². The van der Waals surface area contributed by atoms with Gasteiger partial charge in [0.1, 0.15) is 0 Å². The lowest BCUT2D eigenvalue weighted by molar-refractivity contribution is 0.0374. The van der Waals surface area contributed by atoms with E-state index in [2.05, 4.69) is 69.9 Å². The Labute approximate surface area is 197 Å². The fourth-order valence-electron chi connectivity index (χ4n) is 5.12. The molecular formula is C27H37N5O. The van der Waals surface area contributed by atoms with Gasteiger partial charge in [0, 0.05) is 79.4 Å². The summed E-state index contributed by atoms with van der Waals surface area (Å²) >= 11 is 0. The topological polar surface area (TPSA) is 47.6 Å². The molecule has 0 aliphatic carbocycles. The lowest BCUT2D eigenvalue weighted by atomic mass is 10.1. The maximum Gasteiger partial charge on any atom is 0.0795 e. The predicted molar refractivity (Wildman–Crippen MR) is 136 cm³/mol. The zero-order valence-corrected chi connectivity index (χ0v) is 20.1. The lowest BCUT2D eigenvalue weighted by Crippen LogP contribution is -2.48. The van der Waals surface area contributed by atoms with E-state index < -0.39 is 0 Å². The molecule has 2 aliphatic rings. The van der Waals surface area contributed by atoms with E-state index in [1.54, 1.807) is 0 Å². The summed E-state index contributed by atoms with van der Waals surface area (Å²) in [7, 11) is 0. The molecule has 0 amide bonds. The molecule has 4 heterocycles. The normalized spacial score (nSPS) is 18.5. The average Bonchev–Trinajstić information content (AvgIpc) is 3.28. The van der Waals surface area contributed by atoms with Crippen LogP contribution in [-0.4, -0.2) is 84.8 Å². The molecule has 0 saturated carbocycles. The van der Waals surface area contributed by atoms with Crippen LogP contribution in [-0.2, 0) is 11.2 Å². The molecule has 1 aromatic carbocycles. The summed E-state index contributed by atoms with van der Waals surface area (Å²) in [6, 6.07) is 14.0. The Morgan fingerprint density at radius 3 is 2.45 bits per heavy atom. The van der Waals surface area contributed by atoms with Crippen molar-refractivity contribution in [3.05, 3.63) is 48.3 Å². The number of pyridine rings is 1. The standard InChI is InChI=1S/C27H37N5O/c1-21(2)31-12-14-32(15-13-31)24-7-5-22(6-8-24)27-25-20-23(29-26(25)9-10-28-27)4-3-11-30-16-18-33-19-17-30/h5-10,20-21,29H,3-4,11-19H2,1-2H3. The summed E-state index contributed by atoms with van der Waals surface area (Å²) in [4.78, 5) is 15.9. The average molecular weight is 448 g/mol. The molecule has 0 atom stereocenters. The Kier molecular flexibility index (Phi) is 6.95. The number of rotatable bonds is 7. The number of fused-ring (bicyclic) bond motifs is 1. The Bertz CT molecular complexity index is 1030. The number of nitrogens with zero attached hydrogens (tertiary/aromatic N) is 4. The smallest absolute Gasteiger partial charge is 0.0795 e. The molecule has 2 saturated heterocycles. The van der Waals surface area contributed by atoms with E-state index in [1.807, 2.05) is 6.20 Å². The Morgan fingerprint density at radius 1 is 0.970 bits per heavy atom. The summed E-state index contributed by atoms with van der Waals surface area (Å²) in [5, 5.41) is 1.22. The highest BCUT2D eigenvalue weighted by Gasteiger charge is 2.19. The highest BCUT2D eigenvalue weighted by Crippen LogP contribution is 2.29. The van der Waals surface area contributed by atoms with Crippen molar-refractivity contribution < 1.29 is 4.74 Å². The van der Waals surface area contributed by atoms with Crippen molar-refractivity contribution in [1.82, 2.24) is 19.8 Å². The van der Waals surface area contributed by atoms with Gasteiger partial charge in [0.05, 0.1) is 18.9 Å². The molecule has 2 fully saturated rings. The van der Waals surface area contributed by atoms with E-state index >= 15 is 0 Å². The van der Waals surface area contributed by atoms with Crippen LogP contribution >= 0.6 is 0 Å². The minimum atomic E-state index is 0.631. The molecule has 0 unspecified atom stereocenters. The first kappa shape index (κ1) is 22.4. The number of ether oxygens (including phenoxy) is 1. The predicted octanol–water partition coefficient (Wildman–Crippen LogP) is 4.03. The van der Waals surface area contributed by atoms with Crippen LogP contribution in [0.2, 0.25) is 0 Å². The summed E-state index contributed by atoms with van der Waals surface area (Å²) < 4.78 is 5.45.